The number of amides is 1. The Bertz CT molecular complexity index is 1310. The van der Waals surface area contributed by atoms with Crippen LogP contribution in [-0.4, -0.2) is 40.5 Å². The SMILES string of the molecule is CC#C[C@]1(O)CC[C@H]2[C@@H]3CCC4=CC(=O)CCC4=C3[C@@H](c3ccc(N(C)C(=O)CCCC(=O)O)cc3)C[C@@]21C. The number of aliphatic hydroxyl groups is 1. The predicted octanol–water partition coefficient (Wildman–Crippen LogP) is 5.56. The molecule has 39 heavy (non-hydrogen) atoms. The van der Waals surface area contributed by atoms with Crippen molar-refractivity contribution in [2.75, 3.05) is 11.9 Å². The van der Waals surface area contributed by atoms with Crippen molar-refractivity contribution in [3.05, 3.63) is 52.6 Å². The molecule has 0 radical (unpaired) electrons. The van der Waals surface area contributed by atoms with Crippen molar-refractivity contribution in [2.45, 2.75) is 89.6 Å². The van der Waals surface area contributed by atoms with Crippen molar-refractivity contribution in [3.8, 4) is 11.8 Å². The summed E-state index contributed by atoms with van der Waals surface area (Å²) in [5, 5.41) is 20.7. The molecule has 2 N–H and O–H groups in total. The molecule has 4 aliphatic carbocycles. The first-order valence-corrected chi connectivity index (χ1v) is 14.3. The van der Waals surface area contributed by atoms with Gasteiger partial charge in [-0.05, 0) is 98.6 Å². The molecule has 2 fully saturated rings. The first-order valence-electron chi connectivity index (χ1n) is 14.3. The lowest BCUT2D eigenvalue weighted by molar-refractivity contribution is -0.137. The molecule has 0 aromatic heterocycles. The second kappa shape index (κ2) is 10.4. The van der Waals surface area contributed by atoms with Crippen LogP contribution in [0.3, 0.4) is 0 Å². The van der Waals surface area contributed by atoms with Crippen molar-refractivity contribution in [2.24, 2.45) is 17.3 Å². The van der Waals surface area contributed by atoms with Gasteiger partial charge in [0.05, 0.1) is 0 Å². The Labute approximate surface area is 231 Å². The maximum atomic E-state index is 12.6. The fourth-order valence-electron chi connectivity index (χ4n) is 8.01. The minimum Gasteiger partial charge on any atom is -0.481 e. The second-order valence-electron chi connectivity index (χ2n) is 12.1. The zero-order valence-corrected chi connectivity index (χ0v) is 23.3. The normalized spacial score (nSPS) is 31.3. The molecule has 5 atom stereocenters. The van der Waals surface area contributed by atoms with E-state index in [9.17, 15) is 19.5 Å². The van der Waals surface area contributed by atoms with Crippen molar-refractivity contribution in [3.63, 3.8) is 0 Å². The van der Waals surface area contributed by atoms with Gasteiger partial charge < -0.3 is 15.1 Å². The molecule has 0 spiro atoms. The van der Waals surface area contributed by atoms with E-state index in [0.29, 0.717) is 31.1 Å². The van der Waals surface area contributed by atoms with Crippen LogP contribution < -0.4 is 4.90 Å². The molecule has 4 aliphatic rings. The van der Waals surface area contributed by atoms with Crippen molar-refractivity contribution >= 4 is 23.3 Å². The number of hydrogen-bond acceptors (Lipinski definition) is 4. The highest BCUT2D eigenvalue weighted by Crippen LogP contribution is 2.66. The molecular weight excluding hydrogens is 490 g/mol. The Kier molecular flexibility index (Phi) is 7.33. The lowest BCUT2D eigenvalue weighted by Crippen LogP contribution is -2.51. The van der Waals surface area contributed by atoms with E-state index in [1.165, 1.54) is 16.7 Å². The summed E-state index contributed by atoms with van der Waals surface area (Å²) in [6, 6.07) is 8.13. The third-order valence-corrected chi connectivity index (χ3v) is 10.1. The molecular formula is C33H39NO5. The van der Waals surface area contributed by atoms with Gasteiger partial charge in [0.1, 0.15) is 5.60 Å². The van der Waals surface area contributed by atoms with E-state index in [1.807, 2.05) is 18.2 Å². The number of carboxylic acids is 1. The summed E-state index contributed by atoms with van der Waals surface area (Å²) in [6.07, 6.45) is 8.07. The summed E-state index contributed by atoms with van der Waals surface area (Å²) in [5.74, 6) is 6.26. The van der Waals surface area contributed by atoms with Gasteiger partial charge in [0.15, 0.2) is 5.78 Å². The number of carbonyl (C=O) groups excluding carboxylic acids is 2. The number of allylic oxidation sites excluding steroid dienone is 4. The molecule has 6 nitrogen and oxygen atoms in total. The average molecular weight is 530 g/mol. The average Bonchev–Trinajstić information content (AvgIpc) is 3.17. The highest BCUT2D eigenvalue weighted by molar-refractivity contribution is 5.93. The van der Waals surface area contributed by atoms with Crippen LogP contribution in [0.4, 0.5) is 5.69 Å². The molecule has 0 bridgehead atoms. The number of hydrogen-bond donors (Lipinski definition) is 2. The summed E-state index contributed by atoms with van der Waals surface area (Å²) in [4.78, 5) is 37.3. The summed E-state index contributed by atoms with van der Waals surface area (Å²) in [5.41, 5.74) is 4.62. The van der Waals surface area contributed by atoms with Crippen molar-refractivity contribution in [1.29, 1.82) is 0 Å². The van der Waals surface area contributed by atoms with E-state index in [-0.39, 0.29) is 35.9 Å². The topological polar surface area (TPSA) is 94.9 Å². The number of anilines is 1. The largest absolute Gasteiger partial charge is 0.481 e. The predicted molar refractivity (Wildman–Crippen MR) is 150 cm³/mol. The van der Waals surface area contributed by atoms with E-state index < -0.39 is 11.6 Å². The molecule has 1 aromatic carbocycles. The summed E-state index contributed by atoms with van der Waals surface area (Å²) >= 11 is 0. The van der Waals surface area contributed by atoms with Crippen LogP contribution in [0.5, 0.6) is 0 Å². The highest BCUT2D eigenvalue weighted by Gasteiger charge is 2.62. The van der Waals surface area contributed by atoms with Crippen LogP contribution in [0, 0.1) is 29.1 Å². The molecule has 0 aliphatic heterocycles. The molecule has 0 heterocycles. The minimum absolute atomic E-state index is 0.0185. The number of benzene rings is 1. The van der Waals surface area contributed by atoms with Gasteiger partial charge in [-0.2, -0.15) is 0 Å². The van der Waals surface area contributed by atoms with E-state index in [4.69, 9.17) is 5.11 Å². The van der Waals surface area contributed by atoms with Crippen LogP contribution >= 0.6 is 0 Å². The molecule has 1 amide bonds. The van der Waals surface area contributed by atoms with Crippen LogP contribution in [0.25, 0.3) is 0 Å². The fraction of sp³-hybridized carbons (Fsp3) is 0.545. The van der Waals surface area contributed by atoms with Gasteiger partial charge in [0, 0.05) is 43.3 Å². The standard InChI is InChI=1S/C33H39NO5/c1-4-17-33(39)18-16-28-26-14-10-22-19-24(35)13-15-25(22)31(26)27(20-32(28,33)2)21-8-11-23(12-9-21)34(3)29(36)6-5-7-30(37)38/h8-9,11-12,19,26-28,39H,5-7,10,13-16,18,20H2,1-3H3,(H,37,38)/t26-,27+,28-,32-,33-/m0/s1. The van der Waals surface area contributed by atoms with Crippen LogP contribution in [-0.2, 0) is 14.4 Å². The number of rotatable bonds is 6. The van der Waals surface area contributed by atoms with Crippen molar-refractivity contribution < 1.29 is 24.6 Å². The molecule has 1 aromatic rings. The zero-order valence-electron chi connectivity index (χ0n) is 23.3. The van der Waals surface area contributed by atoms with E-state index >= 15 is 0 Å². The summed E-state index contributed by atoms with van der Waals surface area (Å²) in [6.45, 7) is 4.04. The Hall–Kier alpha value is -3.17. The Morgan fingerprint density at radius 3 is 2.54 bits per heavy atom. The maximum absolute atomic E-state index is 12.6. The van der Waals surface area contributed by atoms with E-state index in [2.05, 4.69) is 30.9 Å². The van der Waals surface area contributed by atoms with Gasteiger partial charge in [-0.25, -0.2) is 0 Å². The molecule has 0 saturated heterocycles. The lowest BCUT2D eigenvalue weighted by atomic mass is 9.51. The fourth-order valence-corrected chi connectivity index (χ4v) is 8.01. The number of ketones is 1. The Morgan fingerprint density at radius 1 is 1.10 bits per heavy atom. The van der Waals surface area contributed by atoms with Gasteiger partial charge in [0.25, 0.3) is 0 Å². The summed E-state index contributed by atoms with van der Waals surface area (Å²) < 4.78 is 0. The number of nitrogens with zero attached hydrogens (tertiary/aromatic N) is 1. The van der Waals surface area contributed by atoms with Crippen molar-refractivity contribution in [1.82, 2.24) is 0 Å². The Morgan fingerprint density at radius 2 is 1.85 bits per heavy atom. The lowest BCUT2D eigenvalue weighted by Gasteiger charge is -2.53. The summed E-state index contributed by atoms with van der Waals surface area (Å²) in [7, 11) is 1.73. The van der Waals surface area contributed by atoms with Gasteiger partial charge in [-0.3, -0.25) is 14.4 Å². The third-order valence-electron chi connectivity index (χ3n) is 10.1. The van der Waals surface area contributed by atoms with E-state index in [1.54, 1.807) is 18.9 Å². The second-order valence-corrected chi connectivity index (χ2v) is 12.1. The maximum Gasteiger partial charge on any atom is 0.303 e. The number of carbonyl (C=O) groups is 3. The highest BCUT2D eigenvalue weighted by atomic mass is 16.4. The van der Waals surface area contributed by atoms with E-state index in [0.717, 1.165) is 43.4 Å². The molecule has 2 saturated carbocycles. The molecule has 206 valence electrons. The van der Waals surface area contributed by atoms with Gasteiger partial charge >= 0.3 is 5.97 Å². The monoisotopic (exact) mass is 529 g/mol. The number of fused-ring (bicyclic) bond motifs is 4. The Balaban J connectivity index is 1.51. The van der Waals surface area contributed by atoms with Crippen LogP contribution in [0.1, 0.15) is 89.5 Å². The van der Waals surface area contributed by atoms with Gasteiger partial charge in [-0.1, -0.05) is 30.6 Å². The quantitative estimate of drug-likeness (QED) is 0.471. The molecule has 6 heteroatoms. The number of carboxylic acid groups (broad SMARTS) is 1. The van der Waals surface area contributed by atoms with Gasteiger partial charge in [-0.15, -0.1) is 5.92 Å². The van der Waals surface area contributed by atoms with Crippen LogP contribution in [0.2, 0.25) is 0 Å². The molecule has 0 unspecified atom stereocenters. The minimum atomic E-state index is -1.01. The smallest absolute Gasteiger partial charge is 0.303 e. The first-order chi connectivity index (χ1) is 18.6. The molecule has 5 rings (SSSR count). The zero-order chi connectivity index (χ0) is 27.9. The van der Waals surface area contributed by atoms with Gasteiger partial charge in [0.2, 0.25) is 5.91 Å². The third kappa shape index (κ3) is 4.76. The first kappa shape index (κ1) is 27.4. The van der Waals surface area contributed by atoms with Crippen LogP contribution in [0.15, 0.2) is 47.1 Å². The number of aliphatic carboxylic acids is 1.